The van der Waals surface area contributed by atoms with Crippen molar-refractivity contribution in [1.82, 2.24) is 9.62 Å². The fraction of sp³-hybridized carbons (Fsp3) is 0.769. The van der Waals surface area contributed by atoms with Crippen LogP contribution in [0.2, 0.25) is 0 Å². The van der Waals surface area contributed by atoms with Crippen LogP contribution in [0.15, 0.2) is 0 Å². The number of sulfonamides is 1. The number of cyclic esters (lactones) is 1. The molecule has 0 bridgehead atoms. The van der Waals surface area contributed by atoms with Crippen LogP contribution in [0, 0.1) is 0 Å². The molecule has 0 aromatic carbocycles. The minimum atomic E-state index is -3.96. The summed E-state index contributed by atoms with van der Waals surface area (Å²) in [6.45, 7) is 4.83. The third kappa shape index (κ3) is 5.87. The van der Waals surface area contributed by atoms with Crippen molar-refractivity contribution in [1.29, 1.82) is 0 Å². The van der Waals surface area contributed by atoms with Crippen LogP contribution in [0.3, 0.4) is 0 Å². The molecular formula is C13H22N2O8S. The van der Waals surface area contributed by atoms with Crippen LogP contribution in [0.5, 0.6) is 0 Å². The maximum atomic E-state index is 12.1. The highest BCUT2D eigenvalue weighted by molar-refractivity contribution is 7.89. The number of nitrogens with zero attached hydrogens (tertiary/aromatic N) is 1. The second kappa shape index (κ2) is 7.69. The van der Waals surface area contributed by atoms with E-state index in [0.29, 0.717) is 4.31 Å². The van der Waals surface area contributed by atoms with E-state index in [1.807, 2.05) is 0 Å². The summed E-state index contributed by atoms with van der Waals surface area (Å²) in [4.78, 5) is 34.8. The number of ether oxygens (including phenoxy) is 3. The van der Waals surface area contributed by atoms with Crippen LogP contribution in [0.25, 0.3) is 0 Å². The molecule has 0 aromatic heterocycles. The van der Waals surface area contributed by atoms with Crippen LogP contribution in [0.4, 0.5) is 9.59 Å². The predicted molar refractivity (Wildman–Crippen MR) is 81.6 cm³/mol. The van der Waals surface area contributed by atoms with Gasteiger partial charge in [0.2, 0.25) is 10.0 Å². The normalized spacial score (nSPS) is 16.3. The number of hydrogen-bond donors (Lipinski definition) is 1. The predicted octanol–water partition coefficient (Wildman–Crippen LogP) is 0.225. The summed E-state index contributed by atoms with van der Waals surface area (Å²) in [5.41, 5.74) is -0.782. The van der Waals surface area contributed by atoms with E-state index in [4.69, 9.17) is 4.74 Å². The summed E-state index contributed by atoms with van der Waals surface area (Å²) in [7, 11) is -2.85. The van der Waals surface area contributed by atoms with Crippen molar-refractivity contribution >= 4 is 28.2 Å². The molecule has 0 aliphatic carbocycles. The highest BCUT2D eigenvalue weighted by atomic mass is 32.2. The van der Waals surface area contributed by atoms with E-state index in [0.717, 1.165) is 7.11 Å². The molecule has 1 heterocycles. The molecule has 1 fully saturated rings. The fourth-order valence-corrected chi connectivity index (χ4v) is 3.24. The first-order valence-corrected chi connectivity index (χ1v) is 8.81. The van der Waals surface area contributed by atoms with Gasteiger partial charge < -0.3 is 19.5 Å². The number of rotatable bonds is 6. The highest BCUT2D eigenvalue weighted by Crippen LogP contribution is 2.13. The monoisotopic (exact) mass is 366 g/mol. The van der Waals surface area contributed by atoms with Gasteiger partial charge in [-0.15, -0.1) is 0 Å². The molecule has 1 saturated heterocycles. The summed E-state index contributed by atoms with van der Waals surface area (Å²) >= 11 is 0. The summed E-state index contributed by atoms with van der Waals surface area (Å²) in [6.07, 6.45) is -2.11. The maximum Gasteiger partial charge on any atom is 0.423 e. The van der Waals surface area contributed by atoms with Gasteiger partial charge in [0.15, 0.2) is 0 Å². The van der Waals surface area contributed by atoms with Gasteiger partial charge in [-0.25, -0.2) is 27.1 Å². The van der Waals surface area contributed by atoms with E-state index in [-0.39, 0.29) is 19.6 Å². The summed E-state index contributed by atoms with van der Waals surface area (Å²) < 4.78 is 38.9. The molecule has 1 aliphatic heterocycles. The molecule has 0 saturated carbocycles. The Hall–Kier alpha value is -2.04. The van der Waals surface area contributed by atoms with E-state index >= 15 is 0 Å². The Bertz CT molecular complexity index is 596. The zero-order chi connectivity index (χ0) is 18.5. The first-order valence-electron chi connectivity index (χ1n) is 7.21. The first kappa shape index (κ1) is 20.0. The maximum absolute atomic E-state index is 12.1. The molecule has 0 unspecified atom stereocenters. The standard InChI is InChI=1S/C13H22N2O8S/c1-13(2,3)23-11(17)14-9(10(16)21-4)5-8-24(19,20)15-6-7-22-12(15)18/h9H,5-8H2,1-4H3,(H,14,17)/t9-/m0/s1. The number of carbonyl (C=O) groups is 3. The Morgan fingerprint density at radius 1 is 1.38 bits per heavy atom. The van der Waals surface area contributed by atoms with Gasteiger partial charge in [0.1, 0.15) is 18.2 Å². The SMILES string of the molecule is COC(=O)[C@H](CCS(=O)(=O)N1CCOC1=O)NC(=O)OC(C)(C)C. The molecule has 24 heavy (non-hydrogen) atoms. The van der Waals surface area contributed by atoms with Crippen LogP contribution in [-0.4, -0.2) is 68.5 Å². The van der Waals surface area contributed by atoms with Gasteiger partial charge in [0.05, 0.1) is 19.4 Å². The molecule has 0 radical (unpaired) electrons. The third-order valence-corrected chi connectivity index (χ3v) is 4.66. The van der Waals surface area contributed by atoms with E-state index in [9.17, 15) is 22.8 Å². The molecule has 11 heteroatoms. The molecule has 10 nitrogen and oxygen atoms in total. The third-order valence-electron chi connectivity index (χ3n) is 2.90. The Morgan fingerprint density at radius 2 is 2.00 bits per heavy atom. The molecule has 1 atom stereocenters. The second-order valence-corrected chi connectivity index (χ2v) is 8.03. The van der Waals surface area contributed by atoms with Crippen molar-refractivity contribution < 1.29 is 37.0 Å². The number of hydrogen-bond acceptors (Lipinski definition) is 8. The average Bonchev–Trinajstić information content (AvgIpc) is 2.87. The van der Waals surface area contributed by atoms with E-state index in [2.05, 4.69) is 14.8 Å². The minimum Gasteiger partial charge on any atom is -0.467 e. The lowest BCUT2D eigenvalue weighted by atomic mass is 10.2. The lowest BCUT2D eigenvalue weighted by molar-refractivity contribution is -0.143. The zero-order valence-corrected chi connectivity index (χ0v) is 14.8. The molecule has 0 spiro atoms. The van der Waals surface area contributed by atoms with E-state index in [1.165, 1.54) is 0 Å². The van der Waals surface area contributed by atoms with E-state index in [1.54, 1.807) is 20.8 Å². The molecule has 0 aromatic rings. The van der Waals surface area contributed by atoms with Crippen molar-refractivity contribution in [3.05, 3.63) is 0 Å². The number of alkyl carbamates (subject to hydrolysis) is 1. The van der Waals surface area contributed by atoms with Crippen LogP contribution >= 0.6 is 0 Å². The molecule has 1 N–H and O–H groups in total. The lowest BCUT2D eigenvalue weighted by Crippen LogP contribution is -2.45. The number of nitrogens with one attached hydrogen (secondary N) is 1. The number of amides is 2. The Kier molecular flexibility index (Phi) is 6.41. The van der Waals surface area contributed by atoms with Gasteiger partial charge >= 0.3 is 18.2 Å². The van der Waals surface area contributed by atoms with Crippen molar-refractivity contribution in [2.45, 2.75) is 38.8 Å². The Balaban J connectivity index is 2.71. The molecule has 138 valence electrons. The van der Waals surface area contributed by atoms with Crippen LogP contribution in [0.1, 0.15) is 27.2 Å². The number of carbonyl (C=O) groups excluding carboxylic acids is 3. The molecule has 1 aliphatic rings. The first-order chi connectivity index (χ1) is 11.0. The highest BCUT2D eigenvalue weighted by Gasteiger charge is 2.35. The largest absolute Gasteiger partial charge is 0.467 e. The molecular weight excluding hydrogens is 344 g/mol. The Labute approximate surface area is 140 Å². The van der Waals surface area contributed by atoms with Crippen LogP contribution < -0.4 is 5.32 Å². The van der Waals surface area contributed by atoms with Gasteiger partial charge in [-0.2, -0.15) is 0 Å². The summed E-state index contributed by atoms with van der Waals surface area (Å²) in [5, 5.41) is 2.26. The zero-order valence-electron chi connectivity index (χ0n) is 14.0. The quantitative estimate of drug-likeness (QED) is 0.522. The van der Waals surface area contributed by atoms with Gasteiger partial charge in [-0.1, -0.05) is 0 Å². The van der Waals surface area contributed by atoms with Crippen molar-refractivity contribution in [2.75, 3.05) is 26.0 Å². The number of methoxy groups -OCH3 is 1. The fourth-order valence-electron chi connectivity index (χ4n) is 1.85. The van der Waals surface area contributed by atoms with Crippen molar-refractivity contribution in [3.63, 3.8) is 0 Å². The van der Waals surface area contributed by atoms with Gasteiger partial charge in [0, 0.05) is 0 Å². The summed E-state index contributed by atoms with van der Waals surface area (Å²) in [5.74, 6) is -1.36. The van der Waals surface area contributed by atoms with Gasteiger partial charge in [-0.3, -0.25) is 0 Å². The van der Waals surface area contributed by atoms with Gasteiger partial charge in [-0.05, 0) is 27.2 Å². The average molecular weight is 366 g/mol. The smallest absolute Gasteiger partial charge is 0.423 e. The second-order valence-electron chi connectivity index (χ2n) is 6.01. The summed E-state index contributed by atoms with van der Waals surface area (Å²) in [6, 6.07) is -1.22. The van der Waals surface area contributed by atoms with Gasteiger partial charge in [0.25, 0.3) is 0 Å². The topological polar surface area (TPSA) is 128 Å². The van der Waals surface area contributed by atoms with Crippen molar-refractivity contribution in [2.24, 2.45) is 0 Å². The lowest BCUT2D eigenvalue weighted by Gasteiger charge is -2.23. The van der Waals surface area contributed by atoms with Crippen molar-refractivity contribution in [3.8, 4) is 0 Å². The molecule has 2 amide bonds. The number of esters is 1. The minimum absolute atomic E-state index is 0.0192. The molecule has 1 rings (SSSR count). The Morgan fingerprint density at radius 3 is 2.46 bits per heavy atom. The van der Waals surface area contributed by atoms with E-state index < -0.39 is 45.6 Å². The van der Waals surface area contributed by atoms with Crippen LogP contribution in [-0.2, 0) is 29.0 Å².